The number of fused-ring (bicyclic) bond motifs is 1. The molecule has 2 aromatic heterocycles. The van der Waals surface area contributed by atoms with E-state index in [1.54, 1.807) is 10.9 Å². The van der Waals surface area contributed by atoms with Gasteiger partial charge < -0.3 is 9.80 Å². The third-order valence-electron chi connectivity index (χ3n) is 5.26. The first-order valence-electron chi connectivity index (χ1n) is 9.65. The zero-order valence-electron chi connectivity index (χ0n) is 15.8. The van der Waals surface area contributed by atoms with Gasteiger partial charge >= 0.3 is 0 Å². The van der Waals surface area contributed by atoms with Crippen molar-refractivity contribution in [1.82, 2.24) is 24.9 Å². The Bertz CT molecular complexity index is 1130. The lowest BCUT2D eigenvalue weighted by molar-refractivity contribution is 0.0746. The molecule has 0 unspecified atom stereocenters. The summed E-state index contributed by atoms with van der Waals surface area (Å²) in [7, 11) is 0. The number of rotatable bonds is 3. The quantitative estimate of drug-likeness (QED) is 0.543. The van der Waals surface area contributed by atoms with Crippen LogP contribution in [0.1, 0.15) is 10.4 Å². The normalized spacial score (nSPS) is 14.3. The second-order valence-electron chi connectivity index (χ2n) is 7.04. The molecular weight excluding hydrogens is 364 g/mol. The molecule has 1 saturated heterocycles. The number of carbonyl (C=O) groups excluding carboxylic acids is 1. The van der Waals surface area contributed by atoms with Gasteiger partial charge in [0.2, 0.25) is 0 Å². The van der Waals surface area contributed by atoms with Gasteiger partial charge in [0.05, 0.1) is 0 Å². The second-order valence-corrected chi connectivity index (χ2v) is 7.04. The number of hydrogen-bond acceptors (Lipinski definition) is 5. The van der Waals surface area contributed by atoms with Gasteiger partial charge in [-0.15, -0.1) is 10.2 Å². The molecule has 1 aliphatic heterocycles. The fourth-order valence-corrected chi connectivity index (χ4v) is 3.66. The highest BCUT2D eigenvalue weighted by molar-refractivity contribution is 5.98. The van der Waals surface area contributed by atoms with E-state index < -0.39 is 0 Å². The number of carbonyl (C=O) groups is 1. The van der Waals surface area contributed by atoms with Crippen molar-refractivity contribution in [3.05, 3.63) is 78.6 Å². The smallest absolute Gasteiger partial charge is 0.253 e. The van der Waals surface area contributed by atoms with Crippen LogP contribution in [-0.2, 0) is 0 Å². The fraction of sp³-hybridized carbons (Fsp3) is 0.182. The van der Waals surface area contributed by atoms with Gasteiger partial charge in [-0.3, -0.25) is 4.79 Å². The molecule has 2 aromatic carbocycles. The van der Waals surface area contributed by atoms with Gasteiger partial charge in [-0.1, -0.05) is 30.3 Å². The van der Waals surface area contributed by atoms with Gasteiger partial charge in [0, 0.05) is 44.1 Å². The minimum absolute atomic E-state index is 0.0792. The summed E-state index contributed by atoms with van der Waals surface area (Å²) < 4.78 is 1.68. The van der Waals surface area contributed by atoms with E-state index in [9.17, 15) is 4.79 Å². The van der Waals surface area contributed by atoms with E-state index in [0.717, 1.165) is 35.2 Å². The standard InChI is InChI=1S/C22H20N6O/c29-22(19-7-6-17-4-1-2-5-18(17)16-19)27-14-12-26(13-15-27)20-8-9-21(25-24-20)28-11-3-10-23-28/h1-11,16H,12-15H2. The lowest BCUT2D eigenvalue weighted by Crippen LogP contribution is -2.49. The van der Waals surface area contributed by atoms with Gasteiger partial charge in [-0.25, -0.2) is 4.68 Å². The monoisotopic (exact) mass is 384 g/mol. The number of amides is 1. The zero-order chi connectivity index (χ0) is 19.6. The van der Waals surface area contributed by atoms with Gasteiger partial charge in [-0.05, 0) is 41.1 Å². The molecule has 1 aliphatic rings. The van der Waals surface area contributed by atoms with Crippen LogP contribution in [0.4, 0.5) is 5.82 Å². The summed E-state index contributed by atoms with van der Waals surface area (Å²) >= 11 is 0. The number of benzene rings is 2. The van der Waals surface area contributed by atoms with Crippen molar-refractivity contribution in [1.29, 1.82) is 0 Å². The third-order valence-corrected chi connectivity index (χ3v) is 5.26. The van der Waals surface area contributed by atoms with Gasteiger partial charge in [0.1, 0.15) is 0 Å². The van der Waals surface area contributed by atoms with Crippen molar-refractivity contribution in [2.24, 2.45) is 0 Å². The summed E-state index contributed by atoms with van der Waals surface area (Å²) in [5.74, 6) is 1.58. The molecule has 3 heterocycles. The van der Waals surface area contributed by atoms with Crippen molar-refractivity contribution >= 4 is 22.5 Å². The van der Waals surface area contributed by atoms with Crippen LogP contribution >= 0.6 is 0 Å². The van der Waals surface area contributed by atoms with Crippen molar-refractivity contribution in [2.45, 2.75) is 0 Å². The molecule has 0 aliphatic carbocycles. The summed E-state index contributed by atoms with van der Waals surface area (Å²) in [6, 6.07) is 19.7. The highest BCUT2D eigenvalue weighted by atomic mass is 16.2. The Labute approximate surface area is 168 Å². The summed E-state index contributed by atoms with van der Waals surface area (Å²) in [5.41, 5.74) is 0.737. The average Bonchev–Trinajstić information content (AvgIpc) is 3.33. The molecule has 4 aromatic rings. The maximum atomic E-state index is 12.9. The first-order valence-corrected chi connectivity index (χ1v) is 9.65. The van der Waals surface area contributed by atoms with Crippen molar-refractivity contribution < 1.29 is 4.79 Å². The average molecular weight is 384 g/mol. The Kier molecular flexibility index (Phi) is 4.40. The molecule has 5 rings (SSSR count). The van der Waals surface area contributed by atoms with Crippen molar-refractivity contribution in [3.63, 3.8) is 0 Å². The topological polar surface area (TPSA) is 67.2 Å². The van der Waals surface area contributed by atoms with Crippen LogP contribution in [0.2, 0.25) is 0 Å². The number of nitrogens with zero attached hydrogens (tertiary/aromatic N) is 6. The molecule has 0 radical (unpaired) electrons. The first kappa shape index (κ1) is 17.4. The van der Waals surface area contributed by atoms with E-state index in [-0.39, 0.29) is 5.91 Å². The van der Waals surface area contributed by atoms with Crippen LogP contribution in [0.5, 0.6) is 0 Å². The van der Waals surface area contributed by atoms with Gasteiger partial charge in [-0.2, -0.15) is 5.10 Å². The molecule has 29 heavy (non-hydrogen) atoms. The first-order chi connectivity index (χ1) is 14.3. The van der Waals surface area contributed by atoms with Crippen LogP contribution in [0.25, 0.3) is 16.6 Å². The predicted molar refractivity (Wildman–Crippen MR) is 111 cm³/mol. The molecule has 7 heteroatoms. The van der Waals surface area contributed by atoms with Crippen LogP contribution < -0.4 is 4.90 Å². The molecule has 1 amide bonds. The number of piperazine rings is 1. The summed E-state index contributed by atoms with van der Waals surface area (Å²) in [6.45, 7) is 2.78. The largest absolute Gasteiger partial charge is 0.352 e. The third kappa shape index (κ3) is 3.42. The molecule has 0 spiro atoms. The Morgan fingerprint density at radius 2 is 1.55 bits per heavy atom. The lowest BCUT2D eigenvalue weighted by Gasteiger charge is -2.35. The van der Waals surface area contributed by atoms with Crippen molar-refractivity contribution in [2.75, 3.05) is 31.1 Å². The Hall–Kier alpha value is -3.74. The second kappa shape index (κ2) is 7.35. The minimum atomic E-state index is 0.0792. The van der Waals surface area contributed by atoms with E-state index in [1.807, 2.05) is 65.7 Å². The Morgan fingerprint density at radius 1 is 0.793 bits per heavy atom. The Morgan fingerprint density at radius 3 is 2.28 bits per heavy atom. The lowest BCUT2D eigenvalue weighted by atomic mass is 10.1. The number of anilines is 1. The fourth-order valence-electron chi connectivity index (χ4n) is 3.66. The zero-order valence-corrected chi connectivity index (χ0v) is 15.8. The Balaban J connectivity index is 1.25. The maximum Gasteiger partial charge on any atom is 0.253 e. The predicted octanol–water partition coefficient (Wildman–Crippen LogP) is 2.78. The molecule has 144 valence electrons. The molecular formula is C22H20N6O. The number of hydrogen-bond donors (Lipinski definition) is 0. The van der Waals surface area contributed by atoms with Crippen molar-refractivity contribution in [3.8, 4) is 5.82 Å². The van der Waals surface area contributed by atoms with Gasteiger partial charge in [0.15, 0.2) is 11.6 Å². The molecule has 7 nitrogen and oxygen atoms in total. The maximum absolute atomic E-state index is 12.9. The molecule has 0 saturated carbocycles. The molecule has 0 bridgehead atoms. The van der Waals surface area contributed by atoms with E-state index in [0.29, 0.717) is 18.9 Å². The van der Waals surface area contributed by atoms with E-state index in [1.165, 1.54) is 0 Å². The van der Waals surface area contributed by atoms with E-state index >= 15 is 0 Å². The molecule has 1 fully saturated rings. The number of aromatic nitrogens is 4. The van der Waals surface area contributed by atoms with Crippen LogP contribution in [0.15, 0.2) is 73.1 Å². The van der Waals surface area contributed by atoms with Crippen LogP contribution in [-0.4, -0.2) is 57.0 Å². The van der Waals surface area contributed by atoms with Crippen LogP contribution in [0.3, 0.4) is 0 Å². The highest BCUT2D eigenvalue weighted by Gasteiger charge is 2.23. The van der Waals surface area contributed by atoms with Gasteiger partial charge in [0.25, 0.3) is 5.91 Å². The summed E-state index contributed by atoms with van der Waals surface area (Å²) in [6.07, 6.45) is 3.54. The SMILES string of the molecule is O=C(c1ccc2ccccc2c1)N1CCN(c2ccc(-n3cccn3)nn2)CC1. The summed E-state index contributed by atoms with van der Waals surface area (Å²) in [5, 5.41) is 15.0. The molecule has 0 N–H and O–H groups in total. The highest BCUT2D eigenvalue weighted by Crippen LogP contribution is 2.19. The van der Waals surface area contributed by atoms with Crippen LogP contribution in [0, 0.1) is 0 Å². The minimum Gasteiger partial charge on any atom is -0.352 e. The molecule has 0 atom stereocenters. The van der Waals surface area contributed by atoms with E-state index in [2.05, 4.69) is 26.3 Å². The summed E-state index contributed by atoms with van der Waals surface area (Å²) in [4.78, 5) is 17.0. The van der Waals surface area contributed by atoms with E-state index in [4.69, 9.17) is 0 Å².